The van der Waals surface area contributed by atoms with E-state index in [0.29, 0.717) is 12.3 Å². The lowest BCUT2D eigenvalue weighted by atomic mass is 9.98. The van der Waals surface area contributed by atoms with Gasteiger partial charge >= 0.3 is 0 Å². The van der Waals surface area contributed by atoms with Gasteiger partial charge in [0.15, 0.2) is 0 Å². The van der Waals surface area contributed by atoms with E-state index in [0.717, 1.165) is 56.3 Å². The Morgan fingerprint density at radius 2 is 1.57 bits per heavy atom. The van der Waals surface area contributed by atoms with Gasteiger partial charge in [-0.15, -0.1) is 0 Å². The molecule has 2 N–H and O–H groups in total. The Kier molecular flexibility index (Phi) is 9.56. The number of rotatable bonds is 12. The van der Waals surface area contributed by atoms with Crippen molar-refractivity contribution in [3.8, 4) is 11.5 Å². The molecule has 0 saturated carbocycles. The van der Waals surface area contributed by atoms with Crippen LogP contribution in [0.4, 0.5) is 0 Å². The summed E-state index contributed by atoms with van der Waals surface area (Å²) in [6.45, 7) is 6.89. The summed E-state index contributed by atoms with van der Waals surface area (Å²) in [5.74, 6) is 0.631. The standard InChI is InChI=1S/C24H34N2O2/c1-3-5-13-22(21-12-8-10-15-24(21)28)26(17-6-4-2)18-16-25-19-20-11-7-9-14-23(20)27/h7-12,14-15,19,22,27-28H,3-6,13,16-18H2,1-2H3. The third-order valence-electron chi connectivity index (χ3n) is 5.05. The van der Waals surface area contributed by atoms with Gasteiger partial charge in [0.2, 0.25) is 0 Å². The van der Waals surface area contributed by atoms with Crippen LogP contribution in [-0.2, 0) is 0 Å². The molecule has 0 radical (unpaired) electrons. The molecular formula is C24H34N2O2. The number of benzene rings is 2. The van der Waals surface area contributed by atoms with Crippen LogP contribution in [0, 0.1) is 0 Å². The second kappa shape index (κ2) is 12.2. The Bertz CT molecular complexity index is 730. The summed E-state index contributed by atoms with van der Waals surface area (Å²) >= 11 is 0. The highest BCUT2D eigenvalue weighted by Crippen LogP contribution is 2.32. The van der Waals surface area contributed by atoms with Crippen molar-refractivity contribution in [3.63, 3.8) is 0 Å². The largest absolute Gasteiger partial charge is 0.508 e. The Balaban J connectivity index is 2.11. The van der Waals surface area contributed by atoms with Gasteiger partial charge in [0.1, 0.15) is 11.5 Å². The van der Waals surface area contributed by atoms with Crippen LogP contribution in [0.1, 0.15) is 63.1 Å². The van der Waals surface area contributed by atoms with Crippen molar-refractivity contribution in [1.29, 1.82) is 0 Å². The van der Waals surface area contributed by atoms with Gasteiger partial charge in [-0.05, 0) is 37.6 Å². The number of phenolic OH excluding ortho intramolecular Hbond substituents is 2. The minimum Gasteiger partial charge on any atom is -0.508 e. The number of hydrogen-bond acceptors (Lipinski definition) is 4. The van der Waals surface area contributed by atoms with Crippen molar-refractivity contribution in [2.75, 3.05) is 19.6 Å². The molecule has 4 heteroatoms. The molecular weight excluding hydrogens is 348 g/mol. The summed E-state index contributed by atoms with van der Waals surface area (Å²) in [7, 11) is 0. The maximum absolute atomic E-state index is 10.4. The summed E-state index contributed by atoms with van der Waals surface area (Å²) < 4.78 is 0. The molecule has 0 spiro atoms. The molecule has 2 aromatic carbocycles. The molecule has 0 bridgehead atoms. The summed E-state index contributed by atoms with van der Waals surface area (Å²) in [6.07, 6.45) is 7.30. The van der Waals surface area contributed by atoms with E-state index in [-0.39, 0.29) is 11.8 Å². The van der Waals surface area contributed by atoms with Crippen LogP contribution in [0.2, 0.25) is 0 Å². The zero-order chi connectivity index (χ0) is 20.2. The predicted octanol–water partition coefficient (Wildman–Crippen LogP) is 5.55. The van der Waals surface area contributed by atoms with Crippen molar-refractivity contribution in [2.24, 2.45) is 4.99 Å². The monoisotopic (exact) mass is 382 g/mol. The topological polar surface area (TPSA) is 56.1 Å². The Morgan fingerprint density at radius 1 is 0.893 bits per heavy atom. The summed E-state index contributed by atoms with van der Waals surface area (Å²) in [5.41, 5.74) is 1.75. The predicted molar refractivity (Wildman–Crippen MR) is 117 cm³/mol. The fraction of sp³-hybridized carbons (Fsp3) is 0.458. The van der Waals surface area contributed by atoms with Crippen LogP contribution in [-0.4, -0.2) is 41.0 Å². The molecule has 2 rings (SSSR count). The Hall–Kier alpha value is -2.33. The second-order valence-corrected chi connectivity index (χ2v) is 7.20. The number of phenols is 2. The lowest BCUT2D eigenvalue weighted by molar-refractivity contribution is 0.184. The van der Waals surface area contributed by atoms with E-state index in [4.69, 9.17) is 0 Å². The zero-order valence-electron chi connectivity index (χ0n) is 17.2. The molecule has 1 unspecified atom stereocenters. The quantitative estimate of drug-likeness (QED) is 0.473. The van der Waals surface area contributed by atoms with E-state index in [9.17, 15) is 10.2 Å². The van der Waals surface area contributed by atoms with E-state index in [1.807, 2.05) is 36.4 Å². The van der Waals surface area contributed by atoms with Crippen LogP contribution < -0.4 is 0 Å². The number of aromatic hydroxyl groups is 2. The first-order chi connectivity index (χ1) is 13.7. The first kappa shape index (κ1) is 22.0. The zero-order valence-corrected chi connectivity index (χ0v) is 17.2. The second-order valence-electron chi connectivity index (χ2n) is 7.20. The Labute approximate surface area is 169 Å². The highest BCUT2D eigenvalue weighted by Gasteiger charge is 2.21. The van der Waals surface area contributed by atoms with Gasteiger partial charge in [-0.25, -0.2) is 0 Å². The maximum atomic E-state index is 10.4. The number of para-hydroxylation sites is 2. The molecule has 0 aliphatic carbocycles. The molecule has 152 valence electrons. The van der Waals surface area contributed by atoms with Gasteiger partial charge in [-0.3, -0.25) is 9.89 Å². The van der Waals surface area contributed by atoms with Crippen molar-refractivity contribution < 1.29 is 10.2 Å². The van der Waals surface area contributed by atoms with Crippen molar-refractivity contribution in [1.82, 2.24) is 4.90 Å². The highest BCUT2D eigenvalue weighted by atomic mass is 16.3. The highest BCUT2D eigenvalue weighted by molar-refractivity contribution is 5.83. The van der Waals surface area contributed by atoms with Gasteiger partial charge in [0.05, 0.1) is 6.54 Å². The molecule has 0 fully saturated rings. The molecule has 0 amide bonds. The summed E-state index contributed by atoms with van der Waals surface area (Å²) in [6, 6.07) is 15.1. The number of unbranched alkanes of at least 4 members (excludes halogenated alkanes) is 2. The van der Waals surface area contributed by atoms with E-state index in [1.54, 1.807) is 18.3 Å². The Morgan fingerprint density at radius 3 is 2.25 bits per heavy atom. The average molecular weight is 383 g/mol. The van der Waals surface area contributed by atoms with Crippen LogP contribution in [0.5, 0.6) is 11.5 Å². The molecule has 28 heavy (non-hydrogen) atoms. The van der Waals surface area contributed by atoms with E-state index in [1.165, 1.54) is 0 Å². The normalized spacial score (nSPS) is 12.7. The van der Waals surface area contributed by atoms with Gasteiger partial charge in [0.25, 0.3) is 0 Å². The van der Waals surface area contributed by atoms with Crippen molar-refractivity contribution in [2.45, 2.75) is 52.0 Å². The molecule has 0 heterocycles. The van der Waals surface area contributed by atoms with Crippen LogP contribution >= 0.6 is 0 Å². The fourth-order valence-corrected chi connectivity index (χ4v) is 3.43. The molecule has 0 saturated heterocycles. The van der Waals surface area contributed by atoms with Gasteiger partial charge < -0.3 is 10.2 Å². The summed E-state index contributed by atoms with van der Waals surface area (Å²) in [4.78, 5) is 6.99. The summed E-state index contributed by atoms with van der Waals surface area (Å²) in [5, 5.41) is 20.3. The molecule has 4 nitrogen and oxygen atoms in total. The van der Waals surface area contributed by atoms with E-state index >= 15 is 0 Å². The van der Waals surface area contributed by atoms with Gasteiger partial charge in [0, 0.05) is 29.9 Å². The molecule has 0 aliphatic rings. The molecule has 1 atom stereocenters. The number of nitrogens with zero attached hydrogens (tertiary/aromatic N) is 2. The fourth-order valence-electron chi connectivity index (χ4n) is 3.43. The SMILES string of the molecule is CCCCC(c1ccccc1O)N(CCCC)CCN=Cc1ccccc1O. The third kappa shape index (κ3) is 6.68. The van der Waals surface area contributed by atoms with Crippen molar-refractivity contribution >= 4 is 6.21 Å². The number of hydrogen-bond donors (Lipinski definition) is 2. The number of aliphatic imine (C=N–C) groups is 1. The minimum atomic E-state index is 0.202. The van der Waals surface area contributed by atoms with E-state index < -0.39 is 0 Å². The first-order valence-electron chi connectivity index (χ1n) is 10.5. The van der Waals surface area contributed by atoms with Crippen LogP contribution in [0.25, 0.3) is 0 Å². The molecule has 0 aromatic heterocycles. The smallest absolute Gasteiger partial charge is 0.124 e. The van der Waals surface area contributed by atoms with Crippen LogP contribution in [0.3, 0.4) is 0 Å². The van der Waals surface area contributed by atoms with Crippen LogP contribution in [0.15, 0.2) is 53.5 Å². The maximum Gasteiger partial charge on any atom is 0.124 e. The first-order valence-corrected chi connectivity index (χ1v) is 10.5. The van der Waals surface area contributed by atoms with Gasteiger partial charge in [-0.2, -0.15) is 0 Å². The lowest BCUT2D eigenvalue weighted by Crippen LogP contribution is -2.32. The van der Waals surface area contributed by atoms with E-state index in [2.05, 4.69) is 23.7 Å². The van der Waals surface area contributed by atoms with Gasteiger partial charge in [-0.1, -0.05) is 63.4 Å². The third-order valence-corrected chi connectivity index (χ3v) is 5.05. The average Bonchev–Trinajstić information content (AvgIpc) is 2.71. The minimum absolute atomic E-state index is 0.202. The van der Waals surface area contributed by atoms with Crippen molar-refractivity contribution in [3.05, 3.63) is 59.7 Å². The molecule has 0 aliphatic heterocycles. The lowest BCUT2D eigenvalue weighted by Gasteiger charge is -2.32. The molecule has 2 aromatic rings.